The van der Waals surface area contributed by atoms with Crippen molar-refractivity contribution in [3.63, 3.8) is 0 Å². The van der Waals surface area contributed by atoms with Crippen LogP contribution in [0.4, 0.5) is 4.39 Å². The first-order valence-electron chi connectivity index (χ1n) is 4.16. The molecule has 1 N–H and O–H groups in total. The maximum atomic E-state index is 12.8. The topological polar surface area (TPSA) is 46.5 Å². The summed E-state index contributed by atoms with van der Waals surface area (Å²) in [6.45, 7) is 3.01. The first-order chi connectivity index (χ1) is 6.50. The van der Waals surface area contributed by atoms with Gasteiger partial charge in [-0.2, -0.15) is 0 Å². The number of hydrogen-bond donors (Lipinski definition) is 1. The molecule has 1 aromatic carbocycles. The molecule has 0 aliphatic carbocycles. The van der Waals surface area contributed by atoms with Gasteiger partial charge in [0.2, 0.25) is 0 Å². The summed E-state index contributed by atoms with van der Waals surface area (Å²) in [6.07, 6.45) is -0.931. The van der Waals surface area contributed by atoms with Gasteiger partial charge in [-0.05, 0) is 37.6 Å². The molecule has 0 radical (unpaired) electrons. The number of rotatable bonds is 3. The Morgan fingerprint density at radius 1 is 1.57 bits per heavy atom. The van der Waals surface area contributed by atoms with Crippen molar-refractivity contribution in [2.45, 2.75) is 20.0 Å². The third kappa shape index (κ3) is 2.45. The minimum atomic E-state index is -1.05. The maximum Gasteiger partial charge on any atom is 0.344 e. The molecule has 4 heteroatoms. The summed E-state index contributed by atoms with van der Waals surface area (Å²) in [7, 11) is 0. The first-order valence-corrected chi connectivity index (χ1v) is 4.16. The first kappa shape index (κ1) is 10.5. The number of carboxylic acids is 1. The van der Waals surface area contributed by atoms with Crippen LogP contribution in [0.5, 0.6) is 5.75 Å². The van der Waals surface area contributed by atoms with Crippen molar-refractivity contribution in [3.8, 4) is 5.75 Å². The average Bonchev–Trinajstić information content (AvgIpc) is 2.11. The largest absolute Gasteiger partial charge is 0.479 e. The van der Waals surface area contributed by atoms with Crippen molar-refractivity contribution < 1.29 is 19.0 Å². The average molecular weight is 198 g/mol. The number of aliphatic carboxylic acids is 1. The standard InChI is InChI=1S/C10H11FO3/c1-6-5-8(3-4-9(6)11)14-7(2)10(12)13/h3-5,7H,1-2H3,(H,12,13). The SMILES string of the molecule is Cc1cc(OC(C)C(=O)O)ccc1F. The smallest absolute Gasteiger partial charge is 0.344 e. The summed E-state index contributed by atoms with van der Waals surface area (Å²) < 4.78 is 17.9. The highest BCUT2D eigenvalue weighted by molar-refractivity contribution is 5.72. The van der Waals surface area contributed by atoms with E-state index in [9.17, 15) is 9.18 Å². The number of halogens is 1. The molecule has 1 rings (SSSR count). The van der Waals surface area contributed by atoms with Gasteiger partial charge in [0.25, 0.3) is 0 Å². The summed E-state index contributed by atoms with van der Waals surface area (Å²) in [4.78, 5) is 10.5. The molecule has 0 aromatic heterocycles. The van der Waals surface area contributed by atoms with Crippen molar-refractivity contribution >= 4 is 5.97 Å². The molecule has 0 amide bonds. The summed E-state index contributed by atoms with van der Waals surface area (Å²) >= 11 is 0. The van der Waals surface area contributed by atoms with Gasteiger partial charge in [0.05, 0.1) is 0 Å². The number of carboxylic acid groups (broad SMARTS) is 1. The molecule has 1 unspecified atom stereocenters. The van der Waals surface area contributed by atoms with Crippen molar-refractivity contribution in [1.29, 1.82) is 0 Å². The van der Waals surface area contributed by atoms with E-state index in [4.69, 9.17) is 9.84 Å². The highest BCUT2D eigenvalue weighted by atomic mass is 19.1. The van der Waals surface area contributed by atoms with Crippen LogP contribution in [-0.2, 0) is 4.79 Å². The van der Waals surface area contributed by atoms with E-state index in [-0.39, 0.29) is 5.82 Å². The van der Waals surface area contributed by atoms with Crippen LogP contribution < -0.4 is 4.74 Å². The molecule has 0 saturated carbocycles. The highest BCUT2D eigenvalue weighted by Crippen LogP contribution is 2.17. The summed E-state index contributed by atoms with van der Waals surface area (Å²) in [5.41, 5.74) is 0.431. The van der Waals surface area contributed by atoms with Gasteiger partial charge in [0.1, 0.15) is 11.6 Å². The van der Waals surface area contributed by atoms with E-state index >= 15 is 0 Å². The van der Waals surface area contributed by atoms with E-state index in [2.05, 4.69) is 0 Å². The number of ether oxygens (including phenoxy) is 1. The van der Waals surface area contributed by atoms with Gasteiger partial charge in [-0.3, -0.25) is 0 Å². The van der Waals surface area contributed by atoms with Crippen LogP contribution in [0.15, 0.2) is 18.2 Å². The second-order valence-electron chi connectivity index (χ2n) is 3.01. The van der Waals surface area contributed by atoms with Crippen LogP contribution in [0.2, 0.25) is 0 Å². The molecule has 14 heavy (non-hydrogen) atoms. The number of benzene rings is 1. The number of aryl methyl sites for hydroxylation is 1. The van der Waals surface area contributed by atoms with Gasteiger partial charge < -0.3 is 9.84 Å². The van der Waals surface area contributed by atoms with Crippen LogP contribution in [-0.4, -0.2) is 17.2 Å². The third-order valence-corrected chi connectivity index (χ3v) is 1.79. The monoisotopic (exact) mass is 198 g/mol. The molecule has 0 saturated heterocycles. The maximum absolute atomic E-state index is 12.8. The fourth-order valence-electron chi connectivity index (χ4n) is 0.945. The van der Waals surface area contributed by atoms with Crippen molar-refractivity contribution in [2.75, 3.05) is 0 Å². The molecule has 0 aliphatic heterocycles. The zero-order chi connectivity index (χ0) is 10.7. The highest BCUT2D eigenvalue weighted by Gasteiger charge is 2.12. The number of hydrogen-bond acceptors (Lipinski definition) is 2. The van der Waals surface area contributed by atoms with Gasteiger partial charge in [-0.25, -0.2) is 9.18 Å². The number of carbonyl (C=O) groups is 1. The molecule has 76 valence electrons. The van der Waals surface area contributed by atoms with E-state index in [1.807, 2.05) is 0 Å². The molecular formula is C10H11FO3. The lowest BCUT2D eigenvalue weighted by atomic mass is 10.2. The van der Waals surface area contributed by atoms with Gasteiger partial charge >= 0.3 is 5.97 Å². The molecule has 1 aromatic rings. The molecule has 0 spiro atoms. The molecule has 0 aliphatic rings. The fourth-order valence-corrected chi connectivity index (χ4v) is 0.945. The summed E-state index contributed by atoms with van der Waals surface area (Å²) in [6, 6.07) is 4.12. The van der Waals surface area contributed by atoms with Crippen molar-refractivity contribution in [1.82, 2.24) is 0 Å². The van der Waals surface area contributed by atoms with Gasteiger partial charge in [0.15, 0.2) is 6.10 Å². The Hall–Kier alpha value is -1.58. The molecule has 0 fully saturated rings. The van der Waals surface area contributed by atoms with E-state index in [1.165, 1.54) is 25.1 Å². The Labute approximate surface area is 81.1 Å². The lowest BCUT2D eigenvalue weighted by Gasteiger charge is -2.10. The summed E-state index contributed by atoms with van der Waals surface area (Å²) in [5, 5.41) is 8.57. The molecular weight excluding hydrogens is 187 g/mol. The predicted molar refractivity (Wildman–Crippen MR) is 48.9 cm³/mol. The van der Waals surface area contributed by atoms with Crippen molar-refractivity contribution in [3.05, 3.63) is 29.6 Å². The normalized spacial score (nSPS) is 12.2. The molecule has 0 bridgehead atoms. The lowest BCUT2D eigenvalue weighted by Crippen LogP contribution is -2.22. The molecule has 0 heterocycles. The van der Waals surface area contributed by atoms with E-state index in [1.54, 1.807) is 6.92 Å². The fraction of sp³-hybridized carbons (Fsp3) is 0.300. The van der Waals surface area contributed by atoms with Crippen LogP contribution in [0.25, 0.3) is 0 Å². The predicted octanol–water partition coefficient (Wildman–Crippen LogP) is 1.99. The Bertz CT molecular complexity index is 349. The van der Waals surface area contributed by atoms with Gasteiger partial charge in [0, 0.05) is 0 Å². The van der Waals surface area contributed by atoms with Crippen LogP contribution in [0.1, 0.15) is 12.5 Å². The second kappa shape index (κ2) is 4.09. The zero-order valence-corrected chi connectivity index (χ0v) is 7.95. The van der Waals surface area contributed by atoms with Crippen LogP contribution >= 0.6 is 0 Å². The Morgan fingerprint density at radius 2 is 2.21 bits per heavy atom. The van der Waals surface area contributed by atoms with E-state index < -0.39 is 12.1 Å². The third-order valence-electron chi connectivity index (χ3n) is 1.79. The van der Waals surface area contributed by atoms with E-state index in [0.717, 1.165) is 0 Å². The minimum absolute atomic E-state index is 0.333. The second-order valence-corrected chi connectivity index (χ2v) is 3.01. The Balaban J connectivity index is 2.78. The van der Waals surface area contributed by atoms with Gasteiger partial charge in [-0.1, -0.05) is 0 Å². The molecule has 3 nitrogen and oxygen atoms in total. The minimum Gasteiger partial charge on any atom is -0.479 e. The lowest BCUT2D eigenvalue weighted by molar-refractivity contribution is -0.144. The summed E-state index contributed by atoms with van der Waals surface area (Å²) in [5.74, 6) is -1.02. The van der Waals surface area contributed by atoms with Gasteiger partial charge in [-0.15, -0.1) is 0 Å². The zero-order valence-electron chi connectivity index (χ0n) is 7.95. The Kier molecular flexibility index (Phi) is 3.06. The molecule has 1 atom stereocenters. The van der Waals surface area contributed by atoms with E-state index in [0.29, 0.717) is 11.3 Å². The quantitative estimate of drug-likeness (QED) is 0.807. The van der Waals surface area contributed by atoms with Crippen LogP contribution in [0, 0.1) is 12.7 Å². The Morgan fingerprint density at radius 3 is 2.71 bits per heavy atom. The van der Waals surface area contributed by atoms with Crippen LogP contribution in [0.3, 0.4) is 0 Å². The van der Waals surface area contributed by atoms with Crippen molar-refractivity contribution in [2.24, 2.45) is 0 Å².